The van der Waals surface area contributed by atoms with Gasteiger partial charge in [0.15, 0.2) is 5.82 Å². The highest BCUT2D eigenvalue weighted by Crippen LogP contribution is 2.26. The van der Waals surface area contributed by atoms with E-state index in [9.17, 15) is 0 Å². The number of hydrogen-bond acceptors (Lipinski definition) is 6. The molecule has 1 aromatic heterocycles. The van der Waals surface area contributed by atoms with Gasteiger partial charge in [-0.15, -0.1) is 10.2 Å². The standard InChI is InChI=1S/C9H17N5O2/c1-3-16-7-4-6(9(7)15-2)10-5-8-11-13-14-12-8/h6-7,9-10H,3-5H2,1-2H3,(H,11,12,13,14). The third kappa shape index (κ3) is 2.37. The van der Waals surface area contributed by atoms with Crippen LogP contribution in [0.25, 0.3) is 0 Å². The molecule has 3 atom stereocenters. The number of ether oxygens (including phenoxy) is 2. The summed E-state index contributed by atoms with van der Waals surface area (Å²) in [5, 5.41) is 17.0. The Labute approximate surface area is 93.9 Å². The zero-order valence-corrected chi connectivity index (χ0v) is 9.51. The Morgan fingerprint density at radius 3 is 3.06 bits per heavy atom. The van der Waals surface area contributed by atoms with Crippen molar-refractivity contribution in [1.82, 2.24) is 25.9 Å². The molecular formula is C9H17N5O2. The van der Waals surface area contributed by atoms with E-state index in [1.165, 1.54) is 0 Å². The van der Waals surface area contributed by atoms with Crippen molar-refractivity contribution in [1.29, 1.82) is 0 Å². The fourth-order valence-electron chi connectivity index (χ4n) is 1.95. The third-order valence-electron chi connectivity index (χ3n) is 2.81. The molecule has 3 unspecified atom stereocenters. The van der Waals surface area contributed by atoms with E-state index in [-0.39, 0.29) is 12.2 Å². The normalized spacial score (nSPS) is 29.0. The van der Waals surface area contributed by atoms with Crippen LogP contribution in [0.3, 0.4) is 0 Å². The summed E-state index contributed by atoms with van der Waals surface area (Å²) in [4.78, 5) is 0. The van der Waals surface area contributed by atoms with E-state index in [0.717, 1.165) is 13.0 Å². The van der Waals surface area contributed by atoms with Gasteiger partial charge >= 0.3 is 0 Å². The number of H-pyrrole nitrogens is 1. The molecule has 1 fully saturated rings. The number of nitrogens with one attached hydrogen (secondary N) is 2. The van der Waals surface area contributed by atoms with Crippen LogP contribution in [0.1, 0.15) is 19.2 Å². The number of hydrogen-bond donors (Lipinski definition) is 2. The molecule has 1 aromatic rings. The first-order valence-corrected chi connectivity index (χ1v) is 5.45. The van der Waals surface area contributed by atoms with Gasteiger partial charge in [0.25, 0.3) is 0 Å². The molecule has 0 saturated heterocycles. The first-order chi connectivity index (χ1) is 7.85. The van der Waals surface area contributed by atoms with Crippen molar-refractivity contribution >= 4 is 0 Å². The van der Waals surface area contributed by atoms with E-state index in [4.69, 9.17) is 9.47 Å². The van der Waals surface area contributed by atoms with Gasteiger partial charge in [0.2, 0.25) is 0 Å². The predicted octanol–water partition coefficient (Wildman–Crippen LogP) is -0.518. The number of methoxy groups -OCH3 is 1. The number of rotatable bonds is 6. The molecule has 0 radical (unpaired) electrons. The predicted molar refractivity (Wildman–Crippen MR) is 55.6 cm³/mol. The van der Waals surface area contributed by atoms with Crippen molar-refractivity contribution in [3.05, 3.63) is 5.82 Å². The lowest BCUT2D eigenvalue weighted by Crippen LogP contribution is -2.59. The van der Waals surface area contributed by atoms with Crippen LogP contribution >= 0.6 is 0 Å². The fourth-order valence-corrected chi connectivity index (χ4v) is 1.95. The summed E-state index contributed by atoms with van der Waals surface area (Å²) in [5.74, 6) is 0.662. The zero-order valence-electron chi connectivity index (χ0n) is 9.51. The van der Waals surface area contributed by atoms with Crippen molar-refractivity contribution in [2.45, 2.75) is 38.1 Å². The van der Waals surface area contributed by atoms with Gasteiger partial charge in [-0.3, -0.25) is 0 Å². The topological polar surface area (TPSA) is 85.0 Å². The molecule has 90 valence electrons. The highest BCUT2D eigenvalue weighted by molar-refractivity contribution is 4.97. The van der Waals surface area contributed by atoms with Crippen molar-refractivity contribution in [3.63, 3.8) is 0 Å². The van der Waals surface area contributed by atoms with Crippen LogP contribution < -0.4 is 5.32 Å². The smallest absolute Gasteiger partial charge is 0.188 e. The Hall–Kier alpha value is -1.05. The van der Waals surface area contributed by atoms with Gasteiger partial charge in [0, 0.05) is 19.8 Å². The van der Waals surface area contributed by atoms with E-state index in [0.29, 0.717) is 18.4 Å². The summed E-state index contributed by atoms with van der Waals surface area (Å²) >= 11 is 0. The number of tetrazole rings is 1. The van der Waals surface area contributed by atoms with E-state index in [1.54, 1.807) is 7.11 Å². The largest absolute Gasteiger partial charge is 0.377 e. The molecule has 7 nitrogen and oxygen atoms in total. The molecule has 0 amide bonds. The Morgan fingerprint density at radius 1 is 1.56 bits per heavy atom. The summed E-state index contributed by atoms with van der Waals surface area (Å²) in [6.07, 6.45) is 1.29. The van der Waals surface area contributed by atoms with Crippen molar-refractivity contribution < 1.29 is 9.47 Å². The van der Waals surface area contributed by atoms with Gasteiger partial charge < -0.3 is 14.8 Å². The van der Waals surface area contributed by atoms with E-state index >= 15 is 0 Å². The minimum atomic E-state index is 0.117. The quantitative estimate of drug-likeness (QED) is 0.680. The molecule has 1 saturated carbocycles. The second-order valence-electron chi connectivity index (χ2n) is 3.75. The zero-order chi connectivity index (χ0) is 11.4. The molecule has 2 N–H and O–H groups in total. The maximum Gasteiger partial charge on any atom is 0.188 e. The molecular weight excluding hydrogens is 210 g/mol. The molecule has 1 heterocycles. The molecule has 0 bridgehead atoms. The lowest BCUT2D eigenvalue weighted by Gasteiger charge is -2.43. The van der Waals surface area contributed by atoms with Gasteiger partial charge in [-0.1, -0.05) is 5.21 Å². The molecule has 0 aliphatic heterocycles. The monoisotopic (exact) mass is 227 g/mol. The van der Waals surface area contributed by atoms with Gasteiger partial charge in [-0.2, -0.15) is 5.21 Å². The minimum Gasteiger partial charge on any atom is -0.377 e. The second-order valence-corrected chi connectivity index (χ2v) is 3.75. The van der Waals surface area contributed by atoms with E-state index < -0.39 is 0 Å². The third-order valence-corrected chi connectivity index (χ3v) is 2.81. The SMILES string of the molecule is CCOC1CC(NCc2nn[nH]n2)C1OC. The van der Waals surface area contributed by atoms with Crippen LogP contribution in [0.4, 0.5) is 0 Å². The van der Waals surface area contributed by atoms with Gasteiger partial charge in [-0.25, -0.2) is 0 Å². The van der Waals surface area contributed by atoms with Crippen LogP contribution in [0.5, 0.6) is 0 Å². The first kappa shape index (κ1) is 11.4. The average molecular weight is 227 g/mol. The molecule has 0 spiro atoms. The van der Waals surface area contributed by atoms with E-state index in [2.05, 4.69) is 25.9 Å². The Bertz CT molecular complexity index is 305. The second kappa shape index (κ2) is 5.33. The van der Waals surface area contributed by atoms with Crippen LogP contribution in [0.15, 0.2) is 0 Å². The summed E-state index contributed by atoms with van der Waals surface area (Å²) in [5.41, 5.74) is 0. The highest BCUT2D eigenvalue weighted by Gasteiger charge is 2.41. The summed E-state index contributed by atoms with van der Waals surface area (Å²) in [6, 6.07) is 0.306. The lowest BCUT2D eigenvalue weighted by molar-refractivity contribution is -0.131. The lowest BCUT2D eigenvalue weighted by atomic mass is 9.85. The fraction of sp³-hybridized carbons (Fsp3) is 0.889. The summed E-state index contributed by atoms with van der Waals surface area (Å²) in [6.45, 7) is 3.31. The number of aromatic amines is 1. The van der Waals surface area contributed by atoms with Crippen LogP contribution in [0.2, 0.25) is 0 Å². The number of nitrogens with zero attached hydrogens (tertiary/aromatic N) is 3. The molecule has 2 rings (SSSR count). The van der Waals surface area contributed by atoms with Crippen LogP contribution in [-0.4, -0.2) is 52.6 Å². The molecule has 1 aliphatic rings. The van der Waals surface area contributed by atoms with Crippen LogP contribution in [-0.2, 0) is 16.0 Å². The highest BCUT2D eigenvalue weighted by atomic mass is 16.5. The Balaban J connectivity index is 1.75. The van der Waals surface area contributed by atoms with Gasteiger partial charge in [-0.05, 0) is 13.3 Å². The van der Waals surface area contributed by atoms with Crippen molar-refractivity contribution in [2.75, 3.05) is 13.7 Å². The molecule has 7 heteroatoms. The summed E-state index contributed by atoms with van der Waals surface area (Å²) < 4.78 is 10.9. The summed E-state index contributed by atoms with van der Waals surface area (Å²) in [7, 11) is 1.71. The maximum absolute atomic E-state index is 5.53. The maximum atomic E-state index is 5.53. The van der Waals surface area contributed by atoms with Gasteiger partial charge in [0.1, 0.15) is 0 Å². The number of aromatic nitrogens is 4. The molecule has 16 heavy (non-hydrogen) atoms. The Kier molecular flexibility index (Phi) is 3.81. The Morgan fingerprint density at radius 2 is 2.44 bits per heavy atom. The molecule has 1 aliphatic carbocycles. The molecule has 0 aromatic carbocycles. The van der Waals surface area contributed by atoms with Crippen LogP contribution in [0, 0.1) is 0 Å². The average Bonchev–Trinajstić information content (AvgIpc) is 2.75. The minimum absolute atomic E-state index is 0.117. The van der Waals surface area contributed by atoms with Crippen molar-refractivity contribution in [3.8, 4) is 0 Å². The van der Waals surface area contributed by atoms with Gasteiger partial charge in [0.05, 0.1) is 18.8 Å². The van der Waals surface area contributed by atoms with E-state index in [1.807, 2.05) is 6.92 Å². The van der Waals surface area contributed by atoms with Crippen molar-refractivity contribution in [2.24, 2.45) is 0 Å². The first-order valence-electron chi connectivity index (χ1n) is 5.45.